The van der Waals surface area contributed by atoms with Gasteiger partial charge < -0.3 is 10.1 Å². The summed E-state index contributed by atoms with van der Waals surface area (Å²) >= 11 is 5.76. The van der Waals surface area contributed by atoms with E-state index in [4.69, 9.17) is 16.3 Å². The molecular weight excluding hydrogens is 328 g/mol. The lowest BCUT2D eigenvalue weighted by Gasteiger charge is -2.14. The van der Waals surface area contributed by atoms with Crippen LogP contribution in [-0.4, -0.2) is 18.0 Å². The minimum atomic E-state index is -1.19. The van der Waals surface area contributed by atoms with Gasteiger partial charge in [-0.3, -0.25) is 4.79 Å². The average Bonchev–Trinajstić information content (AvgIpc) is 2.49. The molecule has 2 aromatic rings. The minimum Gasteiger partial charge on any atom is -0.449 e. The molecule has 1 atom stereocenters. The number of carbonyl (C=O) groups excluding carboxylic acids is 2. The van der Waals surface area contributed by atoms with Crippen molar-refractivity contribution in [2.45, 2.75) is 13.0 Å². The zero-order valence-corrected chi connectivity index (χ0v) is 12.7. The molecular formula is C16H12ClF2NO3. The second-order valence-electron chi connectivity index (χ2n) is 4.64. The van der Waals surface area contributed by atoms with Crippen molar-refractivity contribution in [3.05, 3.63) is 64.7 Å². The zero-order chi connectivity index (χ0) is 17.0. The Bertz CT molecular complexity index is 714. The number of anilines is 1. The van der Waals surface area contributed by atoms with E-state index in [1.807, 2.05) is 0 Å². The van der Waals surface area contributed by atoms with Crippen LogP contribution in [0.5, 0.6) is 0 Å². The predicted molar refractivity (Wildman–Crippen MR) is 81.3 cm³/mol. The first-order valence-corrected chi connectivity index (χ1v) is 6.97. The maximum absolute atomic E-state index is 13.6. The second-order valence-corrected chi connectivity index (χ2v) is 5.05. The first-order chi connectivity index (χ1) is 10.9. The van der Waals surface area contributed by atoms with Gasteiger partial charge in [0.1, 0.15) is 17.2 Å². The smallest absolute Gasteiger partial charge is 0.343 e. The van der Waals surface area contributed by atoms with Gasteiger partial charge in [-0.15, -0.1) is 0 Å². The maximum atomic E-state index is 13.6. The highest BCUT2D eigenvalue weighted by Gasteiger charge is 2.23. The third-order valence-electron chi connectivity index (χ3n) is 2.93. The fraction of sp³-hybridized carbons (Fsp3) is 0.125. The fourth-order valence-corrected chi connectivity index (χ4v) is 1.98. The molecule has 0 fully saturated rings. The highest BCUT2D eigenvalue weighted by molar-refractivity contribution is 6.33. The summed E-state index contributed by atoms with van der Waals surface area (Å²) in [6.45, 7) is 1.32. The van der Waals surface area contributed by atoms with Gasteiger partial charge >= 0.3 is 5.97 Å². The topological polar surface area (TPSA) is 55.4 Å². The van der Waals surface area contributed by atoms with Crippen molar-refractivity contribution >= 4 is 29.2 Å². The van der Waals surface area contributed by atoms with Gasteiger partial charge in [0.05, 0.1) is 5.02 Å². The number of ether oxygens (including phenoxy) is 1. The van der Waals surface area contributed by atoms with Crippen molar-refractivity contribution in [2.75, 3.05) is 5.32 Å². The van der Waals surface area contributed by atoms with Crippen molar-refractivity contribution in [1.29, 1.82) is 0 Å². The Labute approximate surface area is 136 Å². The molecule has 2 aromatic carbocycles. The molecule has 0 bridgehead atoms. The van der Waals surface area contributed by atoms with Crippen LogP contribution in [0.15, 0.2) is 42.5 Å². The molecule has 0 aliphatic carbocycles. The van der Waals surface area contributed by atoms with E-state index >= 15 is 0 Å². The Morgan fingerprint density at radius 2 is 1.78 bits per heavy atom. The third-order valence-corrected chi connectivity index (χ3v) is 3.25. The number of carbonyl (C=O) groups is 2. The van der Waals surface area contributed by atoms with Crippen LogP contribution in [0, 0.1) is 11.6 Å². The van der Waals surface area contributed by atoms with E-state index in [1.165, 1.54) is 43.3 Å². The summed E-state index contributed by atoms with van der Waals surface area (Å²) < 4.78 is 31.3. The van der Waals surface area contributed by atoms with Gasteiger partial charge in [0.2, 0.25) is 0 Å². The quantitative estimate of drug-likeness (QED) is 0.862. The molecule has 0 spiro atoms. The van der Waals surface area contributed by atoms with Crippen molar-refractivity contribution in [3.63, 3.8) is 0 Å². The Morgan fingerprint density at radius 3 is 2.39 bits per heavy atom. The van der Waals surface area contributed by atoms with Gasteiger partial charge in [0.25, 0.3) is 5.91 Å². The van der Waals surface area contributed by atoms with Crippen LogP contribution >= 0.6 is 11.6 Å². The van der Waals surface area contributed by atoms with E-state index in [1.54, 1.807) is 0 Å². The van der Waals surface area contributed by atoms with E-state index in [-0.39, 0.29) is 5.02 Å². The largest absolute Gasteiger partial charge is 0.449 e. The molecule has 0 aromatic heterocycles. The van der Waals surface area contributed by atoms with Crippen molar-refractivity contribution in [1.82, 2.24) is 0 Å². The summed E-state index contributed by atoms with van der Waals surface area (Å²) in [5, 5.41) is 2.34. The summed E-state index contributed by atoms with van der Waals surface area (Å²) in [6.07, 6.45) is -1.19. The van der Waals surface area contributed by atoms with Gasteiger partial charge in [-0.05, 0) is 43.3 Å². The standard InChI is InChI=1S/C16H12ClF2NO3/c1-9(15(21)20-11-7-5-10(18)6-8-11)23-16(22)14-12(17)3-2-4-13(14)19/h2-9H,1H3,(H,20,21)/t9-/m0/s1. The highest BCUT2D eigenvalue weighted by atomic mass is 35.5. The lowest BCUT2D eigenvalue weighted by molar-refractivity contribution is -0.123. The minimum absolute atomic E-state index is 0.110. The number of hydrogen-bond acceptors (Lipinski definition) is 3. The Hall–Kier alpha value is -2.47. The molecule has 120 valence electrons. The van der Waals surface area contributed by atoms with Gasteiger partial charge in [-0.25, -0.2) is 13.6 Å². The van der Waals surface area contributed by atoms with E-state index in [9.17, 15) is 18.4 Å². The third kappa shape index (κ3) is 4.26. The molecule has 1 amide bonds. The summed E-state index contributed by atoms with van der Waals surface area (Å²) in [5.74, 6) is -2.97. The number of rotatable bonds is 4. The summed E-state index contributed by atoms with van der Waals surface area (Å²) in [6, 6.07) is 8.80. The Morgan fingerprint density at radius 1 is 1.13 bits per heavy atom. The van der Waals surface area contributed by atoms with Gasteiger partial charge in [0, 0.05) is 5.69 Å². The zero-order valence-electron chi connectivity index (χ0n) is 12.0. The molecule has 7 heteroatoms. The fourth-order valence-electron chi connectivity index (χ4n) is 1.74. The van der Waals surface area contributed by atoms with Crippen molar-refractivity contribution < 1.29 is 23.1 Å². The summed E-state index contributed by atoms with van der Waals surface area (Å²) in [7, 11) is 0. The van der Waals surface area contributed by atoms with Gasteiger partial charge in [-0.2, -0.15) is 0 Å². The molecule has 23 heavy (non-hydrogen) atoms. The predicted octanol–water partition coefficient (Wildman–Crippen LogP) is 3.80. The molecule has 1 N–H and O–H groups in total. The van der Waals surface area contributed by atoms with Crippen LogP contribution in [0.2, 0.25) is 5.02 Å². The molecule has 0 aliphatic heterocycles. The number of benzene rings is 2. The van der Waals surface area contributed by atoms with E-state index < -0.39 is 35.2 Å². The number of hydrogen-bond donors (Lipinski definition) is 1. The van der Waals surface area contributed by atoms with Crippen LogP contribution < -0.4 is 5.32 Å². The summed E-state index contributed by atoms with van der Waals surface area (Å²) in [4.78, 5) is 23.8. The second kappa shape index (κ2) is 7.19. The molecule has 0 saturated carbocycles. The molecule has 0 aliphatic rings. The highest BCUT2D eigenvalue weighted by Crippen LogP contribution is 2.20. The first-order valence-electron chi connectivity index (χ1n) is 6.60. The van der Waals surface area contributed by atoms with Crippen LogP contribution in [0.25, 0.3) is 0 Å². The molecule has 2 rings (SSSR count). The van der Waals surface area contributed by atoms with Crippen LogP contribution in [-0.2, 0) is 9.53 Å². The molecule has 4 nitrogen and oxygen atoms in total. The Kier molecular flexibility index (Phi) is 5.28. The number of amides is 1. The van der Waals surface area contributed by atoms with Crippen LogP contribution in [0.3, 0.4) is 0 Å². The average molecular weight is 340 g/mol. The van der Waals surface area contributed by atoms with E-state index in [0.29, 0.717) is 5.69 Å². The van der Waals surface area contributed by atoms with E-state index in [0.717, 1.165) is 6.07 Å². The molecule has 0 heterocycles. The number of halogens is 3. The van der Waals surface area contributed by atoms with Crippen LogP contribution in [0.4, 0.5) is 14.5 Å². The van der Waals surface area contributed by atoms with E-state index in [2.05, 4.69) is 5.32 Å². The van der Waals surface area contributed by atoms with Crippen molar-refractivity contribution in [2.24, 2.45) is 0 Å². The molecule has 0 unspecified atom stereocenters. The number of nitrogens with one attached hydrogen (secondary N) is 1. The first kappa shape index (κ1) is 16.9. The lowest BCUT2D eigenvalue weighted by Crippen LogP contribution is -2.30. The SMILES string of the molecule is C[C@H](OC(=O)c1c(F)cccc1Cl)C(=O)Nc1ccc(F)cc1. The van der Waals surface area contributed by atoms with Crippen molar-refractivity contribution in [3.8, 4) is 0 Å². The van der Waals surface area contributed by atoms with Gasteiger partial charge in [0.15, 0.2) is 6.10 Å². The summed E-state index contributed by atoms with van der Waals surface area (Å²) in [5.41, 5.74) is -0.0983. The van der Waals surface area contributed by atoms with Crippen LogP contribution in [0.1, 0.15) is 17.3 Å². The molecule has 0 radical (unpaired) electrons. The maximum Gasteiger partial charge on any atom is 0.343 e. The number of esters is 1. The molecule has 0 saturated heterocycles. The van der Waals surface area contributed by atoms with Gasteiger partial charge in [-0.1, -0.05) is 17.7 Å². The Balaban J connectivity index is 2.03. The lowest BCUT2D eigenvalue weighted by atomic mass is 10.2. The normalized spacial score (nSPS) is 11.7. The monoisotopic (exact) mass is 339 g/mol.